The normalized spacial score (nSPS) is 25.0. The smallest absolute Gasteiger partial charge is 0.224 e. The standard InChI is InChI=1S/C21H24N2O4/c24-12-19(15-6-7-20(22-11-15)27-16-8-9-26-13-16)23-21(25)18-10-17(18)14-4-2-1-3-5-14/h1-7,11,16-19,24H,8-10,12-13H2,(H,23,25)/t16-,17-,18+,19+/m1/s1. The molecule has 2 heterocycles. The lowest BCUT2D eigenvalue weighted by atomic mass is 10.1. The molecule has 4 rings (SSSR count). The van der Waals surface area contributed by atoms with Gasteiger partial charge in [0.15, 0.2) is 0 Å². The molecule has 2 aromatic rings. The Balaban J connectivity index is 1.34. The van der Waals surface area contributed by atoms with Crippen molar-refractivity contribution in [1.82, 2.24) is 10.3 Å². The molecule has 6 heteroatoms. The topological polar surface area (TPSA) is 80.7 Å². The molecule has 142 valence electrons. The highest BCUT2D eigenvalue weighted by molar-refractivity contribution is 5.83. The van der Waals surface area contributed by atoms with Gasteiger partial charge in [0.2, 0.25) is 11.8 Å². The summed E-state index contributed by atoms with van der Waals surface area (Å²) in [5, 5.41) is 12.7. The molecule has 0 bridgehead atoms. The van der Waals surface area contributed by atoms with Gasteiger partial charge >= 0.3 is 0 Å². The van der Waals surface area contributed by atoms with Crippen molar-refractivity contribution in [2.24, 2.45) is 5.92 Å². The van der Waals surface area contributed by atoms with Crippen LogP contribution >= 0.6 is 0 Å². The summed E-state index contributed by atoms with van der Waals surface area (Å²) in [7, 11) is 0. The van der Waals surface area contributed by atoms with Gasteiger partial charge in [-0.05, 0) is 29.5 Å². The number of rotatable bonds is 7. The predicted molar refractivity (Wildman–Crippen MR) is 99.3 cm³/mol. The Bertz CT molecular complexity index is 760. The van der Waals surface area contributed by atoms with E-state index < -0.39 is 6.04 Å². The van der Waals surface area contributed by atoms with Gasteiger partial charge in [-0.15, -0.1) is 0 Å². The number of ether oxygens (including phenoxy) is 2. The van der Waals surface area contributed by atoms with Crippen LogP contribution in [0.3, 0.4) is 0 Å². The first-order valence-electron chi connectivity index (χ1n) is 9.41. The van der Waals surface area contributed by atoms with E-state index in [-0.39, 0.29) is 30.5 Å². The van der Waals surface area contributed by atoms with Crippen molar-refractivity contribution < 1.29 is 19.4 Å². The number of nitrogens with zero attached hydrogens (tertiary/aromatic N) is 1. The molecule has 0 radical (unpaired) electrons. The van der Waals surface area contributed by atoms with Gasteiger partial charge in [0, 0.05) is 24.6 Å². The molecule has 1 aliphatic carbocycles. The van der Waals surface area contributed by atoms with Gasteiger partial charge in [0.05, 0.1) is 25.9 Å². The van der Waals surface area contributed by atoms with Gasteiger partial charge in [-0.3, -0.25) is 4.79 Å². The van der Waals surface area contributed by atoms with Crippen molar-refractivity contribution in [3.05, 3.63) is 59.8 Å². The van der Waals surface area contributed by atoms with E-state index >= 15 is 0 Å². The Hall–Kier alpha value is -2.44. The van der Waals surface area contributed by atoms with Gasteiger partial charge in [-0.25, -0.2) is 4.98 Å². The third kappa shape index (κ3) is 4.28. The summed E-state index contributed by atoms with van der Waals surface area (Å²) >= 11 is 0. The van der Waals surface area contributed by atoms with Crippen LogP contribution in [0.4, 0.5) is 0 Å². The number of hydrogen-bond donors (Lipinski definition) is 2. The summed E-state index contributed by atoms with van der Waals surface area (Å²) in [6, 6.07) is 13.2. The van der Waals surface area contributed by atoms with Crippen molar-refractivity contribution >= 4 is 5.91 Å². The molecule has 27 heavy (non-hydrogen) atoms. The summed E-state index contributed by atoms with van der Waals surface area (Å²) < 4.78 is 11.0. The molecule has 1 aliphatic heterocycles. The highest BCUT2D eigenvalue weighted by atomic mass is 16.5. The van der Waals surface area contributed by atoms with E-state index in [1.165, 1.54) is 5.56 Å². The third-order valence-electron chi connectivity index (χ3n) is 5.19. The van der Waals surface area contributed by atoms with Crippen LogP contribution in [0.25, 0.3) is 0 Å². The molecule has 6 nitrogen and oxygen atoms in total. The van der Waals surface area contributed by atoms with Crippen LogP contribution < -0.4 is 10.1 Å². The van der Waals surface area contributed by atoms with E-state index in [2.05, 4.69) is 22.4 Å². The fourth-order valence-corrected chi connectivity index (χ4v) is 3.51. The predicted octanol–water partition coefficient (Wildman–Crippen LogP) is 2.20. The van der Waals surface area contributed by atoms with Crippen molar-refractivity contribution in [3.63, 3.8) is 0 Å². The molecule has 1 aromatic carbocycles. The minimum atomic E-state index is -0.467. The van der Waals surface area contributed by atoms with Crippen LogP contribution in [-0.2, 0) is 9.53 Å². The Morgan fingerprint density at radius 1 is 1.30 bits per heavy atom. The number of aliphatic hydroxyl groups excluding tert-OH is 1. The summed E-state index contributed by atoms with van der Waals surface area (Å²) in [6.07, 6.45) is 3.40. The largest absolute Gasteiger partial charge is 0.472 e. The van der Waals surface area contributed by atoms with E-state index in [0.29, 0.717) is 19.1 Å². The molecular weight excluding hydrogens is 344 g/mol. The molecule has 0 unspecified atom stereocenters. The lowest BCUT2D eigenvalue weighted by molar-refractivity contribution is -0.123. The molecule has 2 N–H and O–H groups in total. The Morgan fingerprint density at radius 2 is 2.15 bits per heavy atom. The van der Waals surface area contributed by atoms with Crippen molar-refractivity contribution in [2.45, 2.75) is 30.9 Å². The van der Waals surface area contributed by atoms with Gasteiger partial charge in [-0.1, -0.05) is 30.3 Å². The van der Waals surface area contributed by atoms with E-state index in [1.54, 1.807) is 12.3 Å². The van der Waals surface area contributed by atoms with Crippen LogP contribution in [0.1, 0.15) is 35.9 Å². The van der Waals surface area contributed by atoms with Crippen LogP contribution in [0, 0.1) is 5.92 Å². The number of pyridine rings is 1. The molecule has 1 saturated carbocycles. The van der Waals surface area contributed by atoms with Crippen LogP contribution in [0.15, 0.2) is 48.7 Å². The van der Waals surface area contributed by atoms with Gasteiger partial charge in [0.25, 0.3) is 0 Å². The molecule has 1 aromatic heterocycles. The zero-order valence-corrected chi connectivity index (χ0v) is 15.1. The lowest BCUT2D eigenvalue weighted by Crippen LogP contribution is -2.32. The van der Waals surface area contributed by atoms with Crippen molar-refractivity contribution in [2.75, 3.05) is 19.8 Å². The number of benzene rings is 1. The highest BCUT2D eigenvalue weighted by Gasteiger charge is 2.44. The Labute approximate surface area is 158 Å². The zero-order chi connectivity index (χ0) is 18.6. The maximum absolute atomic E-state index is 12.5. The first-order valence-corrected chi connectivity index (χ1v) is 9.41. The SMILES string of the molecule is O=C(N[C@@H](CO)c1ccc(O[C@@H]2CCOC2)nc1)[C@H]1C[C@@H]1c1ccccc1. The summed E-state index contributed by atoms with van der Waals surface area (Å²) in [5.74, 6) is 0.752. The molecular formula is C21H24N2O4. The molecule has 1 amide bonds. The molecule has 2 aliphatic rings. The summed E-state index contributed by atoms with van der Waals surface area (Å²) in [5.41, 5.74) is 1.95. The highest BCUT2D eigenvalue weighted by Crippen LogP contribution is 2.47. The summed E-state index contributed by atoms with van der Waals surface area (Å²) in [4.78, 5) is 16.8. The van der Waals surface area contributed by atoms with Gasteiger partial charge in [-0.2, -0.15) is 0 Å². The number of carbonyl (C=O) groups excluding carboxylic acids is 1. The van der Waals surface area contributed by atoms with Gasteiger partial charge in [0.1, 0.15) is 6.10 Å². The van der Waals surface area contributed by atoms with Crippen LogP contribution in [-0.4, -0.2) is 41.9 Å². The fraction of sp³-hybridized carbons (Fsp3) is 0.429. The maximum atomic E-state index is 12.5. The molecule has 4 atom stereocenters. The monoisotopic (exact) mass is 368 g/mol. The first-order chi connectivity index (χ1) is 13.2. The van der Waals surface area contributed by atoms with E-state index in [0.717, 1.165) is 18.4 Å². The average molecular weight is 368 g/mol. The first kappa shape index (κ1) is 17.9. The van der Waals surface area contributed by atoms with E-state index in [1.807, 2.05) is 24.3 Å². The quantitative estimate of drug-likeness (QED) is 0.783. The average Bonchev–Trinajstić information content (AvgIpc) is 3.36. The number of aliphatic hydroxyl groups is 1. The van der Waals surface area contributed by atoms with E-state index in [4.69, 9.17) is 9.47 Å². The number of aromatic nitrogens is 1. The van der Waals surface area contributed by atoms with Crippen LogP contribution in [0.2, 0.25) is 0 Å². The summed E-state index contributed by atoms with van der Waals surface area (Å²) in [6.45, 7) is 1.13. The second kappa shape index (κ2) is 8.06. The number of carbonyl (C=O) groups is 1. The van der Waals surface area contributed by atoms with Crippen molar-refractivity contribution in [3.8, 4) is 5.88 Å². The lowest BCUT2D eigenvalue weighted by Gasteiger charge is -2.17. The molecule has 1 saturated heterocycles. The number of nitrogens with one attached hydrogen (secondary N) is 1. The minimum Gasteiger partial charge on any atom is -0.472 e. The Morgan fingerprint density at radius 3 is 2.81 bits per heavy atom. The number of hydrogen-bond acceptors (Lipinski definition) is 5. The maximum Gasteiger partial charge on any atom is 0.224 e. The van der Waals surface area contributed by atoms with Gasteiger partial charge < -0.3 is 19.9 Å². The third-order valence-corrected chi connectivity index (χ3v) is 5.19. The Kier molecular flexibility index (Phi) is 5.36. The second-order valence-corrected chi connectivity index (χ2v) is 7.14. The second-order valence-electron chi connectivity index (χ2n) is 7.14. The minimum absolute atomic E-state index is 0.0219. The molecule has 2 fully saturated rings. The zero-order valence-electron chi connectivity index (χ0n) is 15.1. The fourth-order valence-electron chi connectivity index (χ4n) is 3.51. The number of amides is 1. The molecule has 0 spiro atoms. The van der Waals surface area contributed by atoms with Crippen molar-refractivity contribution in [1.29, 1.82) is 0 Å². The van der Waals surface area contributed by atoms with Crippen LogP contribution in [0.5, 0.6) is 5.88 Å². The van der Waals surface area contributed by atoms with E-state index in [9.17, 15) is 9.90 Å².